The molecule has 0 bridgehead atoms. The Bertz CT molecular complexity index is 426. The third kappa shape index (κ3) is 2.58. The van der Waals surface area contributed by atoms with Gasteiger partial charge in [-0.25, -0.2) is 0 Å². The van der Waals surface area contributed by atoms with E-state index in [0.29, 0.717) is 12.4 Å². The molecule has 1 rings (SSSR count). The summed E-state index contributed by atoms with van der Waals surface area (Å²) in [5, 5.41) is 13.8. The van der Waals surface area contributed by atoms with Crippen LogP contribution in [0.2, 0.25) is 0 Å². The van der Waals surface area contributed by atoms with Gasteiger partial charge in [0.1, 0.15) is 11.4 Å². The van der Waals surface area contributed by atoms with Gasteiger partial charge in [-0.05, 0) is 24.6 Å². The van der Waals surface area contributed by atoms with E-state index >= 15 is 0 Å². The van der Waals surface area contributed by atoms with Crippen molar-refractivity contribution in [3.05, 3.63) is 38.8 Å². The van der Waals surface area contributed by atoms with E-state index in [1.807, 2.05) is 0 Å². The lowest BCUT2D eigenvalue weighted by Gasteiger charge is -2.03. The van der Waals surface area contributed by atoms with Gasteiger partial charge in [-0.15, -0.1) is 0 Å². The van der Waals surface area contributed by atoms with Gasteiger partial charge < -0.3 is 4.74 Å². The predicted molar refractivity (Wildman–Crippen MR) is 53.1 cm³/mol. The fourth-order valence-electron chi connectivity index (χ4n) is 1.04. The van der Waals surface area contributed by atoms with E-state index in [1.165, 1.54) is 18.2 Å². The molecule has 0 unspecified atom stereocenters. The fourth-order valence-corrected chi connectivity index (χ4v) is 1.04. The maximum atomic E-state index is 10.5. The third-order valence-electron chi connectivity index (χ3n) is 1.61. The molecule has 0 saturated carbocycles. The van der Waals surface area contributed by atoms with Crippen LogP contribution < -0.4 is 4.74 Å². The van der Waals surface area contributed by atoms with Gasteiger partial charge in [0.25, 0.3) is 5.69 Å². The molecule has 1 aromatic carbocycles. The normalized spacial score (nSPS) is 9.13. The van der Waals surface area contributed by atoms with Crippen LogP contribution in [0.1, 0.15) is 6.92 Å². The molecular formula is C8H8N4O3. The molecule has 15 heavy (non-hydrogen) atoms. The smallest absolute Gasteiger partial charge is 0.279 e. The summed E-state index contributed by atoms with van der Waals surface area (Å²) < 4.78 is 5.12. The summed E-state index contributed by atoms with van der Waals surface area (Å²) in [5.41, 5.74) is 7.95. The minimum atomic E-state index is -0.611. The molecule has 0 heterocycles. The molecule has 0 saturated heterocycles. The van der Waals surface area contributed by atoms with E-state index in [-0.39, 0.29) is 11.4 Å². The third-order valence-corrected chi connectivity index (χ3v) is 1.61. The average molecular weight is 208 g/mol. The summed E-state index contributed by atoms with van der Waals surface area (Å²) in [6.45, 7) is 2.22. The zero-order valence-electron chi connectivity index (χ0n) is 7.95. The molecule has 0 aliphatic rings. The lowest BCUT2D eigenvalue weighted by Crippen LogP contribution is -1.93. The minimum absolute atomic E-state index is 0.0477. The van der Waals surface area contributed by atoms with E-state index < -0.39 is 4.92 Å². The Hall–Kier alpha value is -2.27. The first-order valence-electron chi connectivity index (χ1n) is 4.15. The number of benzene rings is 1. The monoisotopic (exact) mass is 208 g/mol. The number of nitro groups is 1. The molecule has 1 aromatic rings. The number of azide groups is 1. The lowest BCUT2D eigenvalue weighted by molar-refractivity contribution is -0.384. The van der Waals surface area contributed by atoms with Crippen molar-refractivity contribution in [3.8, 4) is 5.75 Å². The predicted octanol–water partition coefficient (Wildman–Crippen LogP) is 2.94. The van der Waals surface area contributed by atoms with Gasteiger partial charge in [-0.2, -0.15) is 0 Å². The van der Waals surface area contributed by atoms with Crippen LogP contribution in [0.15, 0.2) is 23.3 Å². The van der Waals surface area contributed by atoms with Crippen LogP contribution in [0.25, 0.3) is 10.4 Å². The summed E-state index contributed by atoms with van der Waals surface area (Å²) in [6, 6.07) is 4.04. The van der Waals surface area contributed by atoms with Crippen LogP contribution in [0.3, 0.4) is 0 Å². The maximum absolute atomic E-state index is 10.5. The molecule has 78 valence electrons. The van der Waals surface area contributed by atoms with Gasteiger partial charge in [-0.3, -0.25) is 10.1 Å². The van der Waals surface area contributed by atoms with Crippen LogP contribution in [0.5, 0.6) is 5.75 Å². The van der Waals surface area contributed by atoms with Crippen LogP contribution in [0, 0.1) is 10.1 Å². The highest BCUT2D eigenvalue weighted by atomic mass is 16.6. The minimum Gasteiger partial charge on any atom is -0.494 e. The molecule has 0 atom stereocenters. The van der Waals surface area contributed by atoms with Crippen LogP contribution in [0.4, 0.5) is 11.4 Å². The van der Waals surface area contributed by atoms with E-state index in [1.54, 1.807) is 6.92 Å². The molecule has 7 heteroatoms. The molecule has 0 N–H and O–H groups in total. The first kappa shape index (κ1) is 10.8. The Balaban J connectivity index is 3.20. The molecule has 7 nitrogen and oxygen atoms in total. The highest BCUT2D eigenvalue weighted by Gasteiger charge is 2.12. The van der Waals surface area contributed by atoms with Crippen molar-refractivity contribution in [2.45, 2.75) is 6.92 Å². The van der Waals surface area contributed by atoms with Gasteiger partial charge in [0.15, 0.2) is 0 Å². The number of rotatable bonds is 4. The second-order valence-corrected chi connectivity index (χ2v) is 2.53. The molecule has 0 spiro atoms. The van der Waals surface area contributed by atoms with E-state index in [0.717, 1.165) is 0 Å². The molecular weight excluding hydrogens is 200 g/mol. The summed E-state index contributed by atoms with van der Waals surface area (Å²) >= 11 is 0. The standard InChI is InChI=1S/C8H8N4O3/c1-2-15-6-3-4-8(12(13)14)7(5-6)10-11-9/h3-5H,2H2,1H3. The second kappa shape index (κ2) is 4.83. The molecule has 0 radical (unpaired) electrons. The molecule has 0 aromatic heterocycles. The van der Waals surface area contributed by atoms with Crippen molar-refractivity contribution in [2.24, 2.45) is 5.11 Å². The van der Waals surface area contributed by atoms with E-state index in [9.17, 15) is 10.1 Å². The quantitative estimate of drug-likeness (QED) is 0.250. The van der Waals surface area contributed by atoms with E-state index in [2.05, 4.69) is 10.0 Å². The topological polar surface area (TPSA) is 101 Å². The van der Waals surface area contributed by atoms with Gasteiger partial charge in [0.2, 0.25) is 0 Å². The molecule has 0 aliphatic heterocycles. The van der Waals surface area contributed by atoms with Gasteiger partial charge in [-0.1, -0.05) is 5.11 Å². The van der Waals surface area contributed by atoms with Crippen molar-refractivity contribution in [1.29, 1.82) is 0 Å². The Kier molecular flexibility index (Phi) is 3.48. The highest BCUT2D eigenvalue weighted by molar-refractivity contribution is 5.60. The molecule has 0 fully saturated rings. The molecule has 0 aliphatic carbocycles. The Morgan fingerprint density at radius 3 is 2.93 bits per heavy atom. The van der Waals surface area contributed by atoms with Crippen LogP contribution >= 0.6 is 0 Å². The van der Waals surface area contributed by atoms with Gasteiger partial charge in [0, 0.05) is 11.0 Å². The number of nitro benzene ring substituents is 1. The van der Waals surface area contributed by atoms with Crippen molar-refractivity contribution >= 4 is 11.4 Å². The SMILES string of the molecule is CCOc1ccc([N+](=O)[O-])c(N=[N+]=[N-])c1. The fraction of sp³-hybridized carbons (Fsp3) is 0.250. The zero-order chi connectivity index (χ0) is 11.3. The highest BCUT2D eigenvalue weighted by Crippen LogP contribution is 2.31. The van der Waals surface area contributed by atoms with Crippen LogP contribution in [-0.4, -0.2) is 11.5 Å². The molecule has 0 amide bonds. The summed E-state index contributed by atoms with van der Waals surface area (Å²) in [6.07, 6.45) is 0. The first-order valence-corrected chi connectivity index (χ1v) is 4.15. The Morgan fingerprint density at radius 1 is 1.67 bits per heavy atom. The summed E-state index contributed by atoms with van der Waals surface area (Å²) in [5.74, 6) is 0.436. The number of ether oxygens (including phenoxy) is 1. The number of hydrogen-bond acceptors (Lipinski definition) is 4. The number of hydrogen-bond donors (Lipinski definition) is 0. The largest absolute Gasteiger partial charge is 0.494 e. The Morgan fingerprint density at radius 2 is 2.40 bits per heavy atom. The summed E-state index contributed by atoms with van der Waals surface area (Å²) in [7, 11) is 0. The van der Waals surface area contributed by atoms with Crippen molar-refractivity contribution < 1.29 is 9.66 Å². The lowest BCUT2D eigenvalue weighted by atomic mass is 10.2. The van der Waals surface area contributed by atoms with Gasteiger partial charge >= 0.3 is 0 Å². The van der Waals surface area contributed by atoms with Crippen LogP contribution in [-0.2, 0) is 0 Å². The van der Waals surface area contributed by atoms with Crippen molar-refractivity contribution in [3.63, 3.8) is 0 Å². The zero-order valence-corrected chi connectivity index (χ0v) is 7.95. The number of nitrogens with zero attached hydrogens (tertiary/aromatic N) is 4. The average Bonchev–Trinajstić information content (AvgIpc) is 2.18. The second-order valence-electron chi connectivity index (χ2n) is 2.53. The van der Waals surface area contributed by atoms with Crippen molar-refractivity contribution in [2.75, 3.05) is 6.61 Å². The van der Waals surface area contributed by atoms with Crippen molar-refractivity contribution in [1.82, 2.24) is 0 Å². The maximum Gasteiger partial charge on any atom is 0.279 e. The summed E-state index contributed by atoms with van der Waals surface area (Å²) in [4.78, 5) is 12.5. The first-order chi connectivity index (χ1) is 7.19. The van der Waals surface area contributed by atoms with E-state index in [4.69, 9.17) is 10.3 Å². The van der Waals surface area contributed by atoms with Gasteiger partial charge in [0.05, 0.1) is 11.5 Å². The Labute approximate surface area is 85.1 Å².